The normalized spacial score (nSPS) is 13.1. The van der Waals surface area contributed by atoms with Crippen LogP contribution in [0.3, 0.4) is 0 Å². The minimum Gasteiger partial charge on any atom is -0.255 e. The predicted molar refractivity (Wildman–Crippen MR) is 261 cm³/mol. The molecule has 298 valence electrons. The van der Waals surface area contributed by atoms with E-state index in [-0.39, 0.29) is 0 Å². The SMILES string of the molecule is c1ccc(-c2nc3ccccc3c3c4c(ccc23)C2(c3ccccc3-c3ccccc32)c2cccc(-c3ccc(-c5cc(-c6ccccn6)nc(-c6ccccn6)c5)cc3)c2S4)cc1. The Balaban J connectivity index is 1.05. The number of benzene rings is 7. The summed E-state index contributed by atoms with van der Waals surface area (Å²) in [5.41, 5.74) is 18.2. The van der Waals surface area contributed by atoms with Gasteiger partial charge in [-0.1, -0.05) is 176 Å². The Kier molecular flexibility index (Phi) is 8.33. The molecule has 7 aromatic carbocycles. The monoisotopic (exact) mass is 832 g/mol. The van der Waals surface area contributed by atoms with Crippen LogP contribution in [0.2, 0.25) is 0 Å². The van der Waals surface area contributed by atoms with Crippen molar-refractivity contribution in [1.29, 1.82) is 0 Å². The highest BCUT2D eigenvalue weighted by atomic mass is 32.2. The molecule has 2 aliphatic rings. The lowest BCUT2D eigenvalue weighted by Crippen LogP contribution is -2.32. The Labute approximate surface area is 375 Å². The van der Waals surface area contributed by atoms with Gasteiger partial charge in [-0.3, -0.25) is 9.97 Å². The van der Waals surface area contributed by atoms with Gasteiger partial charge in [0.05, 0.1) is 39.4 Å². The summed E-state index contributed by atoms with van der Waals surface area (Å²) in [5.74, 6) is 0. The van der Waals surface area contributed by atoms with E-state index in [4.69, 9.17) is 9.97 Å². The maximum atomic E-state index is 5.35. The second-order valence-corrected chi connectivity index (χ2v) is 17.5. The molecule has 13 rings (SSSR count). The zero-order chi connectivity index (χ0) is 42.2. The summed E-state index contributed by atoms with van der Waals surface area (Å²) >= 11 is 1.91. The topological polar surface area (TPSA) is 51.6 Å². The van der Waals surface area contributed by atoms with Gasteiger partial charge in [0.2, 0.25) is 0 Å². The highest BCUT2D eigenvalue weighted by Gasteiger charge is 2.51. The molecule has 0 saturated carbocycles. The Morgan fingerprint density at radius 1 is 0.344 bits per heavy atom. The van der Waals surface area contributed by atoms with Gasteiger partial charge in [0.15, 0.2) is 0 Å². The second kappa shape index (κ2) is 14.6. The summed E-state index contributed by atoms with van der Waals surface area (Å²) < 4.78 is 0. The first-order chi connectivity index (χ1) is 31.7. The van der Waals surface area contributed by atoms with Crippen molar-refractivity contribution in [2.75, 3.05) is 0 Å². The molecule has 0 amide bonds. The summed E-state index contributed by atoms with van der Waals surface area (Å²) in [7, 11) is 0. The summed E-state index contributed by atoms with van der Waals surface area (Å²) in [4.78, 5) is 22.2. The fraction of sp³-hybridized carbons (Fsp3) is 0.0169. The van der Waals surface area contributed by atoms with E-state index in [2.05, 4.69) is 180 Å². The molecule has 0 fully saturated rings. The molecule has 1 spiro atoms. The van der Waals surface area contributed by atoms with Crippen LogP contribution in [0.15, 0.2) is 228 Å². The van der Waals surface area contributed by atoms with Crippen molar-refractivity contribution in [2.45, 2.75) is 15.2 Å². The average molecular weight is 833 g/mol. The van der Waals surface area contributed by atoms with Gasteiger partial charge in [-0.25, -0.2) is 9.97 Å². The van der Waals surface area contributed by atoms with Gasteiger partial charge in [0.1, 0.15) is 0 Å². The van der Waals surface area contributed by atoms with Crippen molar-refractivity contribution in [2.24, 2.45) is 0 Å². The van der Waals surface area contributed by atoms with Gasteiger partial charge in [-0.15, -0.1) is 0 Å². The highest BCUT2D eigenvalue weighted by molar-refractivity contribution is 8.00. The number of para-hydroxylation sites is 1. The van der Waals surface area contributed by atoms with Crippen LogP contribution < -0.4 is 0 Å². The van der Waals surface area contributed by atoms with Crippen LogP contribution in [0, 0.1) is 0 Å². The Bertz CT molecular complexity index is 3520. The molecule has 0 N–H and O–H groups in total. The molecule has 4 aromatic heterocycles. The molecular formula is C59H36N4S. The third-order valence-corrected chi connectivity index (χ3v) is 14.3. The van der Waals surface area contributed by atoms with Crippen LogP contribution in [-0.2, 0) is 5.41 Å². The molecule has 0 atom stereocenters. The molecule has 5 heterocycles. The van der Waals surface area contributed by atoms with Crippen LogP contribution in [0.1, 0.15) is 22.3 Å². The first kappa shape index (κ1) is 36.6. The summed E-state index contributed by atoms with van der Waals surface area (Å²) in [6, 6.07) is 74.3. The lowest BCUT2D eigenvalue weighted by atomic mass is 9.66. The van der Waals surface area contributed by atoms with Crippen LogP contribution in [0.4, 0.5) is 0 Å². The molecule has 0 saturated heterocycles. The van der Waals surface area contributed by atoms with Crippen molar-refractivity contribution in [3.63, 3.8) is 0 Å². The number of nitrogens with zero attached hydrogens (tertiary/aromatic N) is 4. The lowest BCUT2D eigenvalue weighted by molar-refractivity contribution is 0.727. The molecular weight excluding hydrogens is 797 g/mol. The maximum Gasteiger partial charge on any atom is 0.0900 e. The number of aromatic nitrogens is 4. The van der Waals surface area contributed by atoms with Crippen molar-refractivity contribution in [3.8, 4) is 67.4 Å². The van der Waals surface area contributed by atoms with Gasteiger partial charge in [-0.05, 0) is 98.1 Å². The number of fused-ring (bicyclic) bond motifs is 13. The lowest BCUT2D eigenvalue weighted by Gasteiger charge is -2.41. The molecule has 0 radical (unpaired) electrons. The van der Waals surface area contributed by atoms with Gasteiger partial charge in [0, 0.05) is 43.9 Å². The van der Waals surface area contributed by atoms with Crippen LogP contribution >= 0.6 is 11.8 Å². The second-order valence-electron chi connectivity index (χ2n) is 16.5. The molecule has 5 heteroatoms. The van der Waals surface area contributed by atoms with Crippen LogP contribution in [0.5, 0.6) is 0 Å². The van der Waals surface area contributed by atoms with E-state index in [9.17, 15) is 0 Å². The van der Waals surface area contributed by atoms with E-state index in [1.54, 1.807) is 0 Å². The van der Waals surface area contributed by atoms with E-state index in [0.29, 0.717) is 0 Å². The van der Waals surface area contributed by atoms with Gasteiger partial charge in [-0.2, -0.15) is 0 Å². The van der Waals surface area contributed by atoms with E-state index < -0.39 is 5.41 Å². The minimum absolute atomic E-state index is 0.550. The molecule has 64 heavy (non-hydrogen) atoms. The van der Waals surface area contributed by atoms with Crippen molar-refractivity contribution in [1.82, 2.24) is 19.9 Å². The van der Waals surface area contributed by atoms with E-state index in [1.165, 1.54) is 54.1 Å². The van der Waals surface area contributed by atoms with Gasteiger partial charge in [0.25, 0.3) is 0 Å². The molecule has 1 aliphatic heterocycles. The maximum absolute atomic E-state index is 5.35. The standard InChI is InChI=1S/C59H36N4S/c1-2-15-39(16-3-1)56-45-31-32-49-58(55(45)44-19-6-9-24-50(44)63-56)64-57-41(20-14-23-48(57)59(49)46-21-7-4-17-42(46)43-18-5-8-22-47(43)59)38-29-27-37(28-30-38)40-35-53(51-25-10-12-33-60-51)62-54(36-40)52-26-11-13-34-61-52/h1-36H. The Hall–Kier alpha value is -7.99. The largest absolute Gasteiger partial charge is 0.255 e. The van der Waals surface area contributed by atoms with E-state index in [1.807, 2.05) is 60.6 Å². The Morgan fingerprint density at radius 3 is 1.61 bits per heavy atom. The Morgan fingerprint density at radius 2 is 0.922 bits per heavy atom. The van der Waals surface area contributed by atoms with Crippen LogP contribution in [0.25, 0.3) is 89.1 Å². The summed E-state index contributed by atoms with van der Waals surface area (Å²) in [6.07, 6.45) is 3.63. The quantitative estimate of drug-likeness (QED) is 0.162. The molecule has 0 bridgehead atoms. The first-order valence-electron chi connectivity index (χ1n) is 21.6. The zero-order valence-corrected chi connectivity index (χ0v) is 35.3. The average Bonchev–Trinajstić information content (AvgIpc) is 3.67. The molecule has 11 aromatic rings. The first-order valence-corrected chi connectivity index (χ1v) is 22.4. The number of pyridine rings is 4. The predicted octanol–water partition coefficient (Wildman–Crippen LogP) is 14.7. The van der Waals surface area contributed by atoms with Gasteiger partial charge < -0.3 is 0 Å². The third kappa shape index (κ3) is 5.51. The molecule has 0 unspecified atom stereocenters. The summed E-state index contributed by atoms with van der Waals surface area (Å²) in [6.45, 7) is 0. The van der Waals surface area contributed by atoms with E-state index >= 15 is 0 Å². The fourth-order valence-corrected chi connectivity index (χ4v) is 11.8. The number of rotatable bonds is 5. The van der Waals surface area contributed by atoms with Crippen molar-refractivity contribution in [3.05, 3.63) is 241 Å². The minimum atomic E-state index is -0.550. The van der Waals surface area contributed by atoms with Crippen LogP contribution in [-0.4, -0.2) is 19.9 Å². The third-order valence-electron chi connectivity index (χ3n) is 13.1. The van der Waals surface area contributed by atoms with Gasteiger partial charge >= 0.3 is 0 Å². The fourth-order valence-electron chi connectivity index (χ4n) is 10.3. The zero-order valence-electron chi connectivity index (χ0n) is 34.5. The van der Waals surface area contributed by atoms with E-state index in [0.717, 1.165) is 67.0 Å². The van der Waals surface area contributed by atoms with Crippen molar-refractivity contribution >= 4 is 33.4 Å². The number of hydrogen-bond donors (Lipinski definition) is 0. The smallest absolute Gasteiger partial charge is 0.0900 e. The molecule has 4 nitrogen and oxygen atoms in total. The van der Waals surface area contributed by atoms with Crippen molar-refractivity contribution < 1.29 is 0 Å². The summed E-state index contributed by atoms with van der Waals surface area (Å²) in [5, 5.41) is 3.56. The number of hydrogen-bond acceptors (Lipinski definition) is 5. The highest BCUT2D eigenvalue weighted by Crippen LogP contribution is 2.64. The molecule has 1 aliphatic carbocycles.